The Labute approximate surface area is 166 Å². The number of hydrogen-bond acceptors (Lipinski definition) is 5. The van der Waals surface area contributed by atoms with Crippen molar-refractivity contribution in [1.29, 1.82) is 0 Å². The number of aromatic amines is 1. The summed E-state index contributed by atoms with van der Waals surface area (Å²) >= 11 is 0. The van der Waals surface area contributed by atoms with Gasteiger partial charge >= 0.3 is 0 Å². The third-order valence-corrected chi connectivity index (χ3v) is 4.71. The number of carbonyl (C=O) groups excluding carboxylic acids is 1. The molecule has 0 unspecified atom stereocenters. The summed E-state index contributed by atoms with van der Waals surface area (Å²) in [6.45, 7) is 2.31. The minimum atomic E-state index is -0.234. The molecule has 2 aromatic carbocycles. The first-order valence-electron chi connectivity index (χ1n) is 9.36. The van der Waals surface area contributed by atoms with Crippen molar-refractivity contribution in [2.45, 2.75) is 19.8 Å². The molecule has 0 fully saturated rings. The average molecular weight is 388 g/mol. The van der Waals surface area contributed by atoms with E-state index in [9.17, 15) is 9.59 Å². The van der Waals surface area contributed by atoms with Crippen LogP contribution in [-0.2, 0) is 17.6 Å². The highest BCUT2D eigenvalue weighted by molar-refractivity contribution is 5.79. The summed E-state index contributed by atoms with van der Waals surface area (Å²) in [6, 6.07) is 17.2. The minimum absolute atomic E-state index is 0.00699. The number of aromatic nitrogens is 3. The normalized spacial score (nSPS) is 10.9. The predicted molar refractivity (Wildman–Crippen MR) is 109 cm³/mol. The van der Waals surface area contributed by atoms with Gasteiger partial charge < -0.3 is 14.8 Å². The summed E-state index contributed by atoms with van der Waals surface area (Å²) in [6.07, 6.45) is 0.428. The predicted octanol–water partition coefficient (Wildman–Crippen LogP) is 2.79. The van der Waals surface area contributed by atoms with Gasteiger partial charge in [-0.2, -0.15) is 4.98 Å². The third-order valence-electron chi connectivity index (χ3n) is 4.71. The van der Waals surface area contributed by atoms with Gasteiger partial charge in [0.25, 0.3) is 5.56 Å². The largest absolute Gasteiger partial charge is 0.355 e. The van der Waals surface area contributed by atoms with Crippen LogP contribution in [0.4, 0.5) is 0 Å². The van der Waals surface area contributed by atoms with Gasteiger partial charge in [-0.3, -0.25) is 9.59 Å². The van der Waals surface area contributed by atoms with Gasteiger partial charge in [-0.25, -0.2) is 0 Å². The number of fused-ring (bicyclic) bond motifs is 1. The van der Waals surface area contributed by atoms with Crippen molar-refractivity contribution >= 4 is 16.8 Å². The van der Waals surface area contributed by atoms with Gasteiger partial charge in [0.05, 0.1) is 0 Å². The Bertz CT molecular complexity index is 1230. The maximum atomic E-state index is 12.2. The molecule has 7 heteroatoms. The lowest BCUT2D eigenvalue weighted by molar-refractivity contribution is -0.120. The number of nitrogens with one attached hydrogen (secondary N) is 2. The molecular weight excluding hydrogens is 368 g/mol. The molecule has 0 aliphatic rings. The number of pyridine rings is 1. The molecule has 0 aliphatic carbocycles. The van der Waals surface area contributed by atoms with Gasteiger partial charge in [0, 0.05) is 23.2 Å². The summed E-state index contributed by atoms with van der Waals surface area (Å²) in [5.74, 6) is 0.486. The number of carbonyl (C=O) groups is 1. The molecule has 0 saturated heterocycles. The maximum Gasteiger partial charge on any atom is 0.251 e. The standard InChI is InChI=1S/C22H20N4O3/c1-14-6-2-4-8-17(14)21-25-20(29-26-21)13-19(27)23-11-10-16-12-15-7-3-5-9-18(15)24-22(16)28/h2-9,12H,10-11,13H2,1H3,(H,23,27)(H,24,28). The van der Waals surface area contributed by atoms with Crippen LogP contribution < -0.4 is 10.9 Å². The van der Waals surface area contributed by atoms with E-state index in [0.717, 1.165) is 22.0 Å². The van der Waals surface area contributed by atoms with Crippen LogP contribution in [-0.4, -0.2) is 27.6 Å². The number of aryl methyl sites for hydroxylation is 1. The van der Waals surface area contributed by atoms with E-state index < -0.39 is 0 Å². The van der Waals surface area contributed by atoms with Crippen LogP contribution in [0, 0.1) is 6.92 Å². The Morgan fingerprint density at radius 1 is 1.14 bits per heavy atom. The molecule has 1 amide bonds. The van der Waals surface area contributed by atoms with Gasteiger partial charge in [-0.1, -0.05) is 47.6 Å². The molecule has 29 heavy (non-hydrogen) atoms. The Morgan fingerprint density at radius 3 is 2.79 bits per heavy atom. The topological polar surface area (TPSA) is 101 Å². The summed E-state index contributed by atoms with van der Waals surface area (Å²) in [4.78, 5) is 31.5. The fourth-order valence-corrected chi connectivity index (χ4v) is 3.17. The number of benzene rings is 2. The SMILES string of the molecule is Cc1ccccc1-c1noc(CC(=O)NCCc2cc3ccccc3[nH]c2=O)n1. The third kappa shape index (κ3) is 4.24. The number of rotatable bonds is 6. The van der Waals surface area contributed by atoms with E-state index in [2.05, 4.69) is 20.4 Å². The fourth-order valence-electron chi connectivity index (χ4n) is 3.17. The van der Waals surface area contributed by atoms with E-state index in [1.807, 2.05) is 61.5 Å². The second-order valence-electron chi connectivity index (χ2n) is 6.81. The highest BCUT2D eigenvalue weighted by Gasteiger charge is 2.13. The molecule has 2 aromatic heterocycles. The molecule has 7 nitrogen and oxygen atoms in total. The van der Waals surface area contributed by atoms with Gasteiger partial charge in [0.1, 0.15) is 6.42 Å². The molecule has 0 aliphatic heterocycles. The Kier molecular flexibility index (Phi) is 5.20. The van der Waals surface area contributed by atoms with E-state index >= 15 is 0 Å². The molecule has 2 N–H and O–H groups in total. The van der Waals surface area contributed by atoms with E-state index in [1.165, 1.54) is 0 Å². The second-order valence-corrected chi connectivity index (χ2v) is 6.81. The molecule has 0 spiro atoms. The summed E-state index contributed by atoms with van der Waals surface area (Å²) in [7, 11) is 0. The van der Waals surface area contributed by atoms with E-state index in [-0.39, 0.29) is 23.8 Å². The molecule has 0 atom stereocenters. The quantitative estimate of drug-likeness (QED) is 0.529. The zero-order valence-corrected chi connectivity index (χ0v) is 15.9. The zero-order valence-electron chi connectivity index (χ0n) is 15.9. The van der Waals surface area contributed by atoms with Crippen molar-refractivity contribution in [3.63, 3.8) is 0 Å². The monoisotopic (exact) mass is 388 g/mol. The Balaban J connectivity index is 1.35. The first-order chi connectivity index (χ1) is 14.1. The van der Waals surface area contributed by atoms with Crippen LogP contribution in [0.25, 0.3) is 22.3 Å². The first kappa shape index (κ1) is 18.6. The smallest absolute Gasteiger partial charge is 0.251 e. The van der Waals surface area contributed by atoms with E-state index in [4.69, 9.17) is 4.52 Å². The van der Waals surface area contributed by atoms with Crippen LogP contribution in [0.15, 0.2) is 63.9 Å². The number of para-hydroxylation sites is 1. The second kappa shape index (κ2) is 8.10. The lowest BCUT2D eigenvalue weighted by Gasteiger charge is -2.05. The van der Waals surface area contributed by atoms with Crippen LogP contribution in [0.2, 0.25) is 0 Å². The molecular formula is C22H20N4O3. The van der Waals surface area contributed by atoms with Crippen molar-refractivity contribution in [3.8, 4) is 11.4 Å². The molecule has 2 heterocycles. The molecule has 4 aromatic rings. The van der Waals surface area contributed by atoms with Crippen molar-refractivity contribution < 1.29 is 9.32 Å². The maximum absolute atomic E-state index is 12.2. The van der Waals surface area contributed by atoms with E-state index in [1.54, 1.807) is 0 Å². The van der Waals surface area contributed by atoms with Crippen molar-refractivity contribution in [2.75, 3.05) is 6.54 Å². The summed E-state index contributed by atoms with van der Waals surface area (Å²) < 4.78 is 5.20. The lowest BCUT2D eigenvalue weighted by Crippen LogP contribution is -2.28. The number of hydrogen-bond donors (Lipinski definition) is 2. The molecule has 146 valence electrons. The lowest BCUT2D eigenvalue weighted by atomic mass is 10.1. The fraction of sp³-hybridized carbons (Fsp3) is 0.182. The van der Waals surface area contributed by atoms with Crippen molar-refractivity contribution in [2.24, 2.45) is 0 Å². The summed E-state index contributed by atoms with van der Waals surface area (Å²) in [5.41, 5.74) is 3.19. The average Bonchev–Trinajstić information content (AvgIpc) is 3.16. The van der Waals surface area contributed by atoms with Gasteiger partial charge in [0.15, 0.2) is 0 Å². The molecule has 0 radical (unpaired) electrons. The summed E-state index contributed by atoms with van der Waals surface area (Å²) in [5, 5.41) is 7.71. The minimum Gasteiger partial charge on any atom is -0.355 e. The Morgan fingerprint density at radius 2 is 1.93 bits per heavy atom. The Hall–Kier alpha value is -3.74. The van der Waals surface area contributed by atoms with Crippen LogP contribution >= 0.6 is 0 Å². The van der Waals surface area contributed by atoms with Crippen LogP contribution in [0.3, 0.4) is 0 Å². The highest BCUT2D eigenvalue weighted by atomic mass is 16.5. The number of amides is 1. The van der Waals surface area contributed by atoms with Crippen LogP contribution in [0.5, 0.6) is 0 Å². The zero-order chi connectivity index (χ0) is 20.2. The molecule has 0 saturated carbocycles. The molecule has 0 bridgehead atoms. The van der Waals surface area contributed by atoms with Gasteiger partial charge in [-0.05, 0) is 36.4 Å². The number of nitrogens with zero attached hydrogens (tertiary/aromatic N) is 2. The van der Waals surface area contributed by atoms with Crippen molar-refractivity contribution in [3.05, 3.63) is 82.0 Å². The van der Waals surface area contributed by atoms with Crippen LogP contribution in [0.1, 0.15) is 17.0 Å². The highest BCUT2D eigenvalue weighted by Crippen LogP contribution is 2.19. The van der Waals surface area contributed by atoms with Gasteiger partial charge in [-0.15, -0.1) is 0 Å². The van der Waals surface area contributed by atoms with E-state index in [0.29, 0.717) is 24.4 Å². The number of H-pyrrole nitrogens is 1. The first-order valence-corrected chi connectivity index (χ1v) is 9.36. The van der Waals surface area contributed by atoms with Gasteiger partial charge in [0.2, 0.25) is 17.6 Å². The molecule has 4 rings (SSSR count). The van der Waals surface area contributed by atoms with Crippen molar-refractivity contribution in [1.82, 2.24) is 20.4 Å².